The zero-order chi connectivity index (χ0) is 15.6. The molecule has 2 saturated heterocycles. The van der Waals surface area contributed by atoms with Gasteiger partial charge in [-0.05, 0) is 34.1 Å². The molecule has 0 atom stereocenters. The molecule has 1 aromatic rings. The number of hydrogen-bond donors (Lipinski definition) is 0. The molecule has 1 aromatic carbocycles. The van der Waals surface area contributed by atoms with E-state index in [2.05, 4.69) is 15.9 Å². The summed E-state index contributed by atoms with van der Waals surface area (Å²) in [6, 6.07) is 5.21. The van der Waals surface area contributed by atoms with Crippen molar-refractivity contribution in [3.63, 3.8) is 0 Å². The lowest BCUT2D eigenvalue weighted by atomic mass is 10.0. The zero-order valence-electron chi connectivity index (χ0n) is 12.0. The highest BCUT2D eigenvalue weighted by molar-refractivity contribution is 9.10. The normalized spacial score (nSPS) is 20.4. The number of piperidine rings is 1. The Kier molecular flexibility index (Phi) is 4.92. The van der Waals surface area contributed by atoms with Crippen molar-refractivity contribution in [2.45, 2.75) is 18.6 Å². The van der Waals surface area contributed by atoms with Gasteiger partial charge in [-0.1, -0.05) is 11.6 Å². The van der Waals surface area contributed by atoms with Gasteiger partial charge < -0.3 is 19.1 Å². The molecule has 2 fully saturated rings. The summed E-state index contributed by atoms with van der Waals surface area (Å²) in [6.45, 7) is 2.55. The number of amides is 1. The predicted molar refractivity (Wildman–Crippen MR) is 85.1 cm³/mol. The Hall–Kier alpha value is -0.820. The summed E-state index contributed by atoms with van der Waals surface area (Å²) in [5.41, 5.74) is 0. The first kappa shape index (κ1) is 16.1. The van der Waals surface area contributed by atoms with Crippen LogP contribution in [0.15, 0.2) is 22.7 Å². The number of carbonyl (C=O) groups excluding carboxylic acids is 1. The van der Waals surface area contributed by atoms with E-state index in [9.17, 15) is 4.79 Å². The number of hydrogen-bond acceptors (Lipinski definition) is 4. The van der Waals surface area contributed by atoms with Crippen LogP contribution in [-0.2, 0) is 14.3 Å². The van der Waals surface area contributed by atoms with E-state index >= 15 is 0 Å². The fourth-order valence-electron chi connectivity index (χ4n) is 2.71. The van der Waals surface area contributed by atoms with Crippen LogP contribution < -0.4 is 4.74 Å². The molecule has 7 heteroatoms. The smallest absolute Gasteiger partial charge is 0.260 e. The molecule has 2 heterocycles. The summed E-state index contributed by atoms with van der Waals surface area (Å²) in [7, 11) is 0. The van der Waals surface area contributed by atoms with Gasteiger partial charge in [0.05, 0.1) is 17.7 Å². The second kappa shape index (κ2) is 6.74. The molecule has 1 spiro atoms. The van der Waals surface area contributed by atoms with Crippen LogP contribution in [0, 0.1) is 0 Å². The molecule has 2 aliphatic rings. The number of carbonyl (C=O) groups is 1. The maximum atomic E-state index is 12.2. The third kappa shape index (κ3) is 3.56. The summed E-state index contributed by atoms with van der Waals surface area (Å²) in [5, 5.41) is 0.614. The topological polar surface area (TPSA) is 48.0 Å². The Morgan fingerprint density at radius 1 is 1.32 bits per heavy atom. The summed E-state index contributed by atoms with van der Waals surface area (Å²) >= 11 is 9.24. The Morgan fingerprint density at radius 2 is 2.00 bits per heavy atom. The Balaban J connectivity index is 1.50. The highest BCUT2D eigenvalue weighted by Crippen LogP contribution is 2.31. The number of benzene rings is 1. The minimum absolute atomic E-state index is 0.00888. The third-order valence-corrected chi connectivity index (χ3v) is 4.79. The lowest BCUT2D eigenvalue weighted by Crippen LogP contribution is -2.48. The van der Waals surface area contributed by atoms with Crippen molar-refractivity contribution in [1.82, 2.24) is 4.90 Å². The first-order chi connectivity index (χ1) is 10.6. The summed E-state index contributed by atoms with van der Waals surface area (Å²) in [6.07, 6.45) is 1.42. The van der Waals surface area contributed by atoms with Crippen molar-refractivity contribution in [2.75, 3.05) is 32.9 Å². The maximum absolute atomic E-state index is 12.2. The molecule has 22 heavy (non-hydrogen) atoms. The van der Waals surface area contributed by atoms with E-state index in [1.54, 1.807) is 23.1 Å². The number of halogens is 2. The quantitative estimate of drug-likeness (QED) is 0.796. The summed E-state index contributed by atoms with van der Waals surface area (Å²) < 4.78 is 17.6. The van der Waals surface area contributed by atoms with Gasteiger partial charge in [0.2, 0.25) is 0 Å². The summed E-state index contributed by atoms with van der Waals surface area (Å²) in [4.78, 5) is 14.0. The van der Waals surface area contributed by atoms with E-state index < -0.39 is 5.79 Å². The van der Waals surface area contributed by atoms with Gasteiger partial charge in [0, 0.05) is 31.0 Å². The minimum atomic E-state index is -0.461. The highest BCUT2D eigenvalue weighted by Gasteiger charge is 2.40. The molecule has 1 amide bonds. The van der Waals surface area contributed by atoms with Crippen molar-refractivity contribution in [3.8, 4) is 5.75 Å². The lowest BCUT2D eigenvalue weighted by Gasteiger charge is -2.37. The molecule has 5 nitrogen and oxygen atoms in total. The van der Waals surface area contributed by atoms with Crippen LogP contribution >= 0.6 is 27.5 Å². The fourth-order valence-corrected chi connectivity index (χ4v) is 3.50. The molecule has 2 aliphatic heterocycles. The van der Waals surface area contributed by atoms with Crippen molar-refractivity contribution >= 4 is 33.4 Å². The first-order valence-corrected chi connectivity index (χ1v) is 8.39. The van der Waals surface area contributed by atoms with Gasteiger partial charge in [-0.15, -0.1) is 0 Å². The second-order valence-electron chi connectivity index (χ2n) is 5.35. The van der Waals surface area contributed by atoms with Gasteiger partial charge in [-0.25, -0.2) is 0 Å². The molecule has 0 unspecified atom stereocenters. The Labute approximate surface area is 142 Å². The number of rotatable bonds is 3. The largest absolute Gasteiger partial charge is 0.483 e. The van der Waals surface area contributed by atoms with Crippen LogP contribution in [0.2, 0.25) is 5.02 Å². The molecule has 0 aliphatic carbocycles. The van der Waals surface area contributed by atoms with Crippen LogP contribution in [0.5, 0.6) is 5.75 Å². The standard InChI is InChI=1S/C15H17BrClNO4/c16-12-9-11(17)1-2-13(12)20-10-14(19)18-5-3-15(4-6-18)21-7-8-22-15/h1-2,9H,3-8,10H2. The van der Waals surface area contributed by atoms with Crippen molar-refractivity contribution in [2.24, 2.45) is 0 Å². The minimum Gasteiger partial charge on any atom is -0.483 e. The van der Waals surface area contributed by atoms with Crippen LogP contribution in [-0.4, -0.2) is 49.5 Å². The first-order valence-electron chi connectivity index (χ1n) is 7.22. The van der Waals surface area contributed by atoms with Crippen molar-refractivity contribution in [3.05, 3.63) is 27.7 Å². The number of likely N-dealkylation sites (tertiary alicyclic amines) is 1. The fraction of sp³-hybridized carbons (Fsp3) is 0.533. The lowest BCUT2D eigenvalue weighted by molar-refractivity contribution is -0.187. The van der Waals surface area contributed by atoms with E-state index in [0.717, 1.165) is 4.47 Å². The molecule has 0 aromatic heterocycles. The van der Waals surface area contributed by atoms with E-state index in [1.165, 1.54) is 0 Å². The van der Waals surface area contributed by atoms with E-state index in [1.807, 2.05) is 0 Å². The highest BCUT2D eigenvalue weighted by atomic mass is 79.9. The number of nitrogens with zero attached hydrogens (tertiary/aromatic N) is 1. The summed E-state index contributed by atoms with van der Waals surface area (Å²) in [5.74, 6) is 0.111. The Morgan fingerprint density at radius 3 is 2.64 bits per heavy atom. The van der Waals surface area contributed by atoms with Gasteiger partial charge >= 0.3 is 0 Å². The van der Waals surface area contributed by atoms with Gasteiger partial charge in [-0.3, -0.25) is 4.79 Å². The average molecular weight is 391 g/mol. The molecule has 0 radical (unpaired) electrons. The molecular formula is C15H17BrClNO4. The maximum Gasteiger partial charge on any atom is 0.260 e. The molecular weight excluding hydrogens is 374 g/mol. The van der Waals surface area contributed by atoms with Gasteiger partial charge in [0.1, 0.15) is 5.75 Å². The Bertz CT molecular complexity index is 552. The van der Waals surface area contributed by atoms with Gasteiger partial charge in [0.25, 0.3) is 5.91 Å². The predicted octanol–water partition coefficient (Wildman–Crippen LogP) is 2.85. The zero-order valence-corrected chi connectivity index (χ0v) is 14.4. The third-order valence-electron chi connectivity index (χ3n) is 3.94. The molecule has 3 rings (SSSR count). The van der Waals surface area contributed by atoms with Crippen LogP contribution in [0.1, 0.15) is 12.8 Å². The van der Waals surface area contributed by atoms with Crippen LogP contribution in [0.3, 0.4) is 0 Å². The molecule has 120 valence electrons. The van der Waals surface area contributed by atoms with Crippen LogP contribution in [0.4, 0.5) is 0 Å². The second-order valence-corrected chi connectivity index (χ2v) is 6.64. The SMILES string of the molecule is O=C(COc1ccc(Cl)cc1Br)N1CCC2(CC1)OCCO2. The molecule has 0 bridgehead atoms. The monoisotopic (exact) mass is 389 g/mol. The van der Waals surface area contributed by atoms with Gasteiger partial charge in [-0.2, -0.15) is 0 Å². The number of ether oxygens (including phenoxy) is 3. The van der Waals surface area contributed by atoms with Gasteiger partial charge in [0.15, 0.2) is 12.4 Å². The van der Waals surface area contributed by atoms with E-state index in [0.29, 0.717) is 49.9 Å². The van der Waals surface area contributed by atoms with Crippen molar-refractivity contribution in [1.29, 1.82) is 0 Å². The van der Waals surface area contributed by atoms with Crippen molar-refractivity contribution < 1.29 is 19.0 Å². The average Bonchev–Trinajstić information content (AvgIpc) is 2.95. The van der Waals surface area contributed by atoms with E-state index in [4.69, 9.17) is 25.8 Å². The van der Waals surface area contributed by atoms with E-state index in [-0.39, 0.29) is 12.5 Å². The molecule has 0 saturated carbocycles. The molecule has 0 N–H and O–H groups in total. The van der Waals surface area contributed by atoms with Crippen LogP contribution in [0.25, 0.3) is 0 Å².